The summed E-state index contributed by atoms with van der Waals surface area (Å²) >= 11 is 0. The van der Waals surface area contributed by atoms with Crippen LogP contribution in [0, 0.1) is 5.41 Å². The first-order valence-corrected chi connectivity index (χ1v) is 5.90. The molecule has 1 fully saturated rings. The van der Waals surface area contributed by atoms with Gasteiger partial charge in [-0.05, 0) is 34.0 Å². The molecular weight excluding hydrogens is 188 g/mol. The zero-order chi connectivity index (χ0) is 11.6. The van der Waals surface area contributed by atoms with E-state index in [1.807, 2.05) is 6.92 Å². The number of hydrogen-bond acceptors (Lipinski definition) is 3. The lowest BCUT2D eigenvalue weighted by Gasteiger charge is -2.33. The van der Waals surface area contributed by atoms with Crippen molar-refractivity contribution in [2.75, 3.05) is 33.7 Å². The first kappa shape index (κ1) is 12.9. The molecule has 90 valence electrons. The molecule has 2 atom stereocenters. The summed E-state index contributed by atoms with van der Waals surface area (Å²) in [6.07, 6.45) is 1.01. The van der Waals surface area contributed by atoms with Gasteiger partial charge in [-0.1, -0.05) is 13.8 Å². The van der Waals surface area contributed by atoms with E-state index in [-0.39, 0.29) is 11.5 Å². The Morgan fingerprint density at radius 1 is 1.47 bits per heavy atom. The van der Waals surface area contributed by atoms with Crippen molar-refractivity contribution >= 4 is 0 Å². The third-order valence-corrected chi connectivity index (χ3v) is 3.74. The molecule has 1 aliphatic heterocycles. The van der Waals surface area contributed by atoms with Gasteiger partial charge in [0.25, 0.3) is 0 Å². The highest BCUT2D eigenvalue weighted by atomic mass is 16.3. The Morgan fingerprint density at radius 3 is 2.47 bits per heavy atom. The van der Waals surface area contributed by atoms with E-state index in [1.54, 1.807) is 0 Å². The monoisotopic (exact) mass is 214 g/mol. The van der Waals surface area contributed by atoms with E-state index in [4.69, 9.17) is 0 Å². The van der Waals surface area contributed by atoms with Crippen LogP contribution in [0.1, 0.15) is 27.2 Å². The molecule has 0 aromatic heterocycles. The predicted octanol–water partition coefficient (Wildman–Crippen LogP) is 1.03. The molecule has 1 heterocycles. The normalized spacial score (nSPS) is 26.2. The number of hydrogen-bond donors (Lipinski definition) is 1. The summed E-state index contributed by atoms with van der Waals surface area (Å²) in [5.41, 5.74) is 0.00119. The van der Waals surface area contributed by atoms with Crippen molar-refractivity contribution < 1.29 is 5.11 Å². The minimum Gasteiger partial charge on any atom is -0.393 e. The van der Waals surface area contributed by atoms with Crippen molar-refractivity contribution in [3.8, 4) is 0 Å². The number of likely N-dealkylation sites (tertiary alicyclic amines) is 1. The van der Waals surface area contributed by atoms with Gasteiger partial charge in [0.15, 0.2) is 0 Å². The van der Waals surface area contributed by atoms with Gasteiger partial charge in [0.1, 0.15) is 0 Å². The Hall–Kier alpha value is -0.120. The summed E-state index contributed by atoms with van der Waals surface area (Å²) in [7, 11) is 4.29. The minimum absolute atomic E-state index is 0.00119. The van der Waals surface area contributed by atoms with Gasteiger partial charge < -0.3 is 14.9 Å². The van der Waals surface area contributed by atoms with E-state index in [2.05, 4.69) is 37.7 Å². The molecule has 3 nitrogen and oxygen atoms in total. The van der Waals surface area contributed by atoms with Gasteiger partial charge in [-0.2, -0.15) is 0 Å². The quantitative estimate of drug-likeness (QED) is 0.757. The lowest BCUT2D eigenvalue weighted by Crippen LogP contribution is -2.40. The first-order chi connectivity index (χ1) is 6.83. The zero-order valence-electron chi connectivity index (χ0n) is 10.8. The van der Waals surface area contributed by atoms with Crippen LogP contribution in [-0.2, 0) is 0 Å². The maximum absolute atomic E-state index is 9.68. The van der Waals surface area contributed by atoms with Crippen LogP contribution in [0.15, 0.2) is 0 Å². The van der Waals surface area contributed by atoms with Crippen LogP contribution in [0.5, 0.6) is 0 Å². The third kappa shape index (κ3) is 3.44. The van der Waals surface area contributed by atoms with Crippen LogP contribution in [0.25, 0.3) is 0 Å². The fraction of sp³-hybridized carbons (Fsp3) is 1.00. The number of aliphatic hydroxyl groups excluding tert-OH is 1. The van der Waals surface area contributed by atoms with E-state index in [0.717, 1.165) is 13.1 Å². The van der Waals surface area contributed by atoms with Crippen molar-refractivity contribution in [2.24, 2.45) is 5.41 Å². The summed E-state index contributed by atoms with van der Waals surface area (Å²) in [6.45, 7) is 9.47. The summed E-state index contributed by atoms with van der Waals surface area (Å²) in [4.78, 5) is 4.77. The summed E-state index contributed by atoms with van der Waals surface area (Å²) in [5.74, 6) is 0. The van der Waals surface area contributed by atoms with Crippen molar-refractivity contribution in [3.05, 3.63) is 0 Å². The fourth-order valence-corrected chi connectivity index (χ4v) is 2.09. The molecule has 15 heavy (non-hydrogen) atoms. The Morgan fingerprint density at radius 2 is 2.07 bits per heavy atom. The third-order valence-electron chi connectivity index (χ3n) is 3.74. The molecule has 1 rings (SSSR count). The predicted molar refractivity (Wildman–Crippen MR) is 64.0 cm³/mol. The molecule has 1 N–H and O–H groups in total. The second-order valence-electron chi connectivity index (χ2n) is 5.81. The van der Waals surface area contributed by atoms with Crippen LogP contribution < -0.4 is 0 Å². The molecular formula is C12H26N2O. The average Bonchev–Trinajstić information content (AvgIpc) is 2.51. The van der Waals surface area contributed by atoms with E-state index < -0.39 is 0 Å². The number of rotatable bonds is 4. The Bertz CT molecular complexity index is 202. The van der Waals surface area contributed by atoms with E-state index in [1.165, 1.54) is 13.0 Å². The van der Waals surface area contributed by atoms with E-state index in [0.29, 0.717) is 6.04 Å². The minimum atomic E-state index is -0.240. The van der Waals surface area contributed by atoms with Gasteiger partial charge in [-0.3, -0.25) is 0 Å². The zero-order valence-corrected chi connectivity index (χ0v) is 10.8. The standard InChI is InChI=1S/C12H26N2O/c1-10(15)12(2,3)9-14-7-6-11(8-14)13(4)5/h10-11,15H,6-9H2,1-5H3. The second-order valence-corrected chi connectivity index (χ2v) is 5.81. The second kappa shape index (κ2) is 4.81. The van der Waals surface area contributed by atoms with Gasteiger partial charge in [0.2, 0.25) is 0 Å². The molecule has 0 amide bonds. The molecule has 3 heteroatoms. The van der Waals surface area contributed by atoms with Gasteiger partial charge in [-0.15, -0.1) is 0 Å². The maximum atomic E-state index is 9.68. The molecule has 0 radical (unpaired) electrons. The number of likely N-dealkylation sites (N-methyl/N-ethyl adjacent to an activating group) is 1. The fourth-order valence-electron chi connectivity index (χ4n) is 2.09. The van der Waals surface area contributed by atoms with Crippen molar-refractivity contribution in [1.82, 2.24) is 9.80 Å². The number of nitrogens with zero attached hydrogens (tertiary/aromatic N) is 2. The molecule has 0 bridgehead atoms. The van der Waals surface area contributed by atoms with E-state index in [9.17, 15) is 5.11 Å². The molecule has 2 unspecified atom stereocenters. The van der Waals surface area contributed by atoms with Crippen LogP contribution in [-0.4, -0.2) is 60.8 Å². The summed E-state index contributed by atoms with van der Waals surface area (Å²) in [5, 5.41) is 9.68. The Labute approximate surface area is 94.1 Å². The van der Waals surface area contributed by atoms with Crippen molar-refractivity contribution in [2.45, 2.75) is 39.3 Å². The summed E-state index contributed by atoms with van der Waals surface area (Å²) < 4.78 is 0. The molecule has 0 spiro atoms. The highest BCUT2D eigenvalue weighted by molar-refractivity contribution is 4.86. The Balaban J connectivity index is 2.42. The molecule has 1 saturated heterocycles. The molecule has 0 saturated carbocycles. The molecule has 0 aliphatic carbocycles. The first-order valence-electron chi connectivity index (χ1n) is 5.90. The lowest BCUT2D eigenvalue weighted by molar-refractivity contribution is 0.0390. The Kier molecular flexibility index (Phi) is 4.15. The molecule has 0 aromatic rings. The largest absolute Gasteiger partial charge is 0.393 e. The van der Waals surface area contributed by atoms with Crippen molar-refractivity contribution in [1.29, 1.82) is 0 Å². The highest BCUT2D eigenvalue weighted by Gasteiger charge is 2.31. The average molecular weight is 214 g/mol. The maximum Gasteiger partial charge on any atom is 0.0575 e. The lowest BCUT2D eigenvalue weighted by atomic mass is 9.87. The molecule has 0 aromatic carbocycles. The van der Waals surface area contributed by atoms with Crippen LogP contribution in [0.3, 0.4) is 0 Å². The van der Waals surface area contributed by atoms with Gasteiger partial charge >= 0.3 is 0 Å². The van der Waals surface area contributed by atoms with Crippen molar-refractivity contribution in [3.63, 3.8) is 0 Å². The van der Waals surface area contributed by atoms with Crippen LogP contribution >= 0.6 is 0 Å². The SMILES string of the molecule is CC(O)C(C)(C)CN1CCC(N(C)C)C1. The smallest absolute Gasteiger partial charge is 0.0575 e. The van der Waals surface area contributed by atoms with Crippen LogP contribution in [0.2, 0.25) is 0 Å². The summed E-state index contributed by atoms with van der Waals surface area (Å²) in [6, 6.07) is 0.690. The topological polar surface area (TPSA) is 26.7 Å². The van der Waals surface area contributed by atoms with E-state index >= 15 is 0 Å². The van der Waals surface area contributed by atoms with Crippen LogP contribution in [0.4, 0.5) is 0 Å². The number of aliphatic hydroxyl groups is 1. The van der Waals surface area contributed by atoms with Gasteiger partial charge in [0, 0.05) is 24.5 Å². The molecule has 1 aliphatic rings. The van der Waals surface area contributed by atoms with Gasteiger partial charge in [0.05, 0.1) is 6.10 Å². The van der Waals surface area contributed by atoms with Gasteiger partial charge in [-0.25, -0.2) is 0 Å². The highest BCUT2D eigenvalue weighted by Crippen LogP contribution is 2.24.